The number of thiol groups is 1. The fourth-order valence-corrected chi connectivity index (χ4v) is 3.27. The van der Waals surface area contributed by atoms with Gasteiger partial charge in [-0.25, -0.2) is 12.6 Å². The Bertz CT molecular complexity index is 231. The summed E-state index contributed by atoms with van der Waals surface area (Å²) in [6.45, 7) is 15.4. The Hall–Kier alpha value is 1.41. The van der Waals surface area contributed by atoms with Crippen LogP contribution in [-0.2, 0) is 32.7 Å². The van der Waals surface area contributed by atoms with Crippen LogP contribution < -0.4 is 0 Å². The third kappa shape index (κ3) is 10.2. The average molecular weight is 375 g/mol. The Morgan fingerprint density at radius 2 is 1.70 bits per heavy atom. The van der Waals surface area contributed by atoms with Crippen LogP contribution >= 0.6 is 12.6 Å². The van der Waals surface area contributed by atoms with E-state index in [1.807, 2.05) is 0 Å². The van der Waals surface area contributed by atoms with E-state index in [4.69, 9.17) is 12.6 Å². The monoisotopic (exact) mass is 375 g/mol. The first-order valence-electron chi connectivity index (χ1n) is 7.70. The van der Waals surface area contributed by atoms with Gasteiger partial charge in [-0.3, -0.25) is 5.92 Å². The molecular weight excluding hydrogens is 341 g/mol. The molecular formula is C17H34OSY-2. The van der Waals surface area contributed by atoms with Gasteiger partial charge < -0.3 is 12.0 Å². The van der Waals surface area contributed by atoms with Gasteiger partial charge in [-0.15, -0.1) is 4.75 Å². The van der Waals surface area contributed by atoms with Gasteiger partial charge in [0.05, 0.1) is 0 Å². The predicted octanol–water partition coefficient (Wildman–Crippen LogP) is 4.95. The maximum Gasteiger partial charge on any atom is 0.0432 e. The first-order valence-corrected chi connectivity index (χ1v) is 8.15. The van der Waals surface area contributed by atoms with Crippen molar-refractivity contribution in [1.82, 2.24) is 0 Å². The van der Waals surface area contributed by atoms with Crippen molar-refractivity contribution >= 4 is 12.6 Å². The molecule has 0 aromatic carbocycles. The molecule has 1 N–H and O–H groups in total. The maximum absolute atomic E-state index is 9.30. The van der Waals surface area contributed by atoms with Crippen molar-refractivity contribution in [3.63, 3.8) is 0 Å². The fourth-order valence-electron chi connectivity index (χ4n) is 2.77. The molecule has 3 unspecified atom stereocenters. The SMILES string of the molecule is [CH2-]CCC(C)CC(C)(S)[C-](CC(C)C)CC(C)CO.[Y]. The van der Waals surface area contributed by atoms with Crippen LogP contribution in [0.3, 0.4) is 0 Å². The first kappa shape index (κ1) is 23.7. The summed E-state index contributed by atoms with van der Waals surface area (Å²) >= 11 is 4.96. The van der Waals surface area contributed by atoms with Gasteiger partial charge in [0, 0.05) is 39.3 Å². The van der Waals surface area contributed by atoms with E-state index < -0.39 is 0 Å². The Labute approximate surface area is 158 Å². The largest absolute Gasteiger partial charge is 0.396 e. The van der Waals surface area contributed by atoms with Crippen LogP contribution in [0.1, 0.15) is 66.7 Å². The van der Waals surface area contributed by atoms with Crippen molar-refractivity contribution < 1.29 is 37.8 Å². The van der Waals surface area contributed by atoms with Gasteiger partial charge >= 0.3 is 0 Å². The van der Waals surface area contributed by atoms with E-state index in [2.05, 4.69) is 41.5 Å². The van der Waals surface area contributed by atoms with Gasteiger partial charge in [-0.2, -0.15) is 19.3 Å². The summed E-state index contributed by atoms with van der Waals surface area (Å²) in [5.41, 5.74) is 0. The van der Waals surface area contributed by atoms with Crippen molar-refractivity contribution in [2.24, 2.45) is 17.8 Å². The van der Waals surface area contributed by atoms with Crippen molar-refractivity contribution in [3.05, 3.63) is 12.8 Å². The molecule has 1 radical (unpaired) electrons. The predicted molar refractivity (Wildman–Crippen MR) is 89.3 cm³/mol. The number of aliphatic hydroxyl groups excluding tert-OH is 1. The summed E-state index contributed by atoms with van der Waals surface area (Å²) < 4.78 is -0.0255. The second-order valence-electron chi connectivity index (χ2n) is 6.92. The molecule has 0 aromatic rings. The molecule has 0 rings (SSSR count). The minimum atomic E-state index is -0.0255. The van der Waals surface area contributed by atoms with E-state index in [1.54, 1.807) is 0 Å². The van der Waals surface area contributed by atoms with Gasteiger partial charge in [0.15, 0.2) is 0 Å². The van der Waals surface area contributed by atoms with Gasteiger partial charge in [-0.05, 0) is 11.8 Å². The standard InChI is InChI=1S/C17H34OS.Y/c1-7-8-14(4)11-17(6,19)16(9-13(2)3)10-15(5)12-18;/h13-15,18-19H,1,7-12H2,2-6H3;/q-2;. The second kappa shape index (κ2) is 11.9. The molecule has 0 bridgehead atoms. The Balaban J connectivity index is 0. The van der Waals surface area contributed by atoms with E-state index in [-0.39, 0.29) is 44.1 Å². The van der Waals surface area contributed by atoms with E-state index in [1.165, 1.54) is 12.3 Å². The van der Waals surface area contributed by atoms with Crippen LogP contribution in [0.5, 0.6) is 0 Å². The molecule has 20 heavy (non-hydrogen) atoms. The van der Waals surface area contributed by atoms with Crippen LogP contribution in [0.2, 0.25) is 0 Å². The van der Waals surface area contributed by atoms with Crippen molar-refractivity contribution in [2.45, 2.75) is 71.5 Å². The van der Waals surface area contributed by atoms with Crippen molar-refractivity contribution in [3.8, 4) is 0 Å². The summed E-state index contributed by atoms with van der Waals surface area (Å²) in [5.74, 6) is 3.15. The third-order valence-electron chi connectivity index (χ3n) is 3.77. The van der Waals surface area contributed by atoms with Crippen molar-refractivity contribution in [1.29, 1.82) is 0 Å². The molecule has 0 heterocycles. The van der Waals surface area contributed by atoms with E-state index >= 15 is 0 Å². The first-order chi connectivity index (χ1) is 8.72. The minimum Gasteiger partial charge on any atom is -0.396 e. The number of aliphatic hydroxyl groups is 1. The molecule has 0 aliphatic rings. The zero-order chi connectivity index (χ0) is 15.1. The van der Waals surface area contributed by atoms with E-state index in [9.17, 15) is 5.11 Å². The molecule has 0 amide bonds. The second-order valence-corrected chi connectivity index (χ2v) is 7.91. The van der Waals surface area contributed by atoms with Gasteiger partial charge in [0.25, 0.3) is 0 Å². The molecule has 0 fully saturated rings. The molecule has 0 saturated carbocycles. The quantitative estimate of drug-likeness (QED) is 0.409. The summed E-state index contributed by atoms with van der Waals surface area (Å²) in [6.07, 6.45) is 5.37. The molecule has 1 nitrogen and oxygen atoms in total. The summed E-state index contributed by atoms with van der Waals surface area (Å²) in [5, 5.41) is 9.30. The molecule has 3 atom stereocenters. The summed E-state index contributed by atoms with van der Waals surface area (Å²) in [7, 11) is 0. The fraction of sp³-hybridized carbons (Fsp3) is 0.882. The topological polar surface area (TPSA) is 20.2 Å². The summed E-state index contributed by atoms with van der Waals surface area (Å²) in [6, 6.07) is 0. The number of hydrogen-bond acceptors (Lipinski definition) is 2. The molecule has 0 saturated heterocycles. The van der Waals surface area contributed by atoms with Gasteiger partial charge in [0.1, 0.15) is 0 Å². The van der Waals surface area contributed by atoms with Gasteiger partial charge in [0.2, 0.25) is 0 Å². The van der Waals surface area contributed by atoms with Crippen LogP contribution in [0.25, 0.3) is 0 Å². The normalized spacial score (nSPS) is 17.7. The average Bonchev–Trinajstić information content (AvgIpc) is 2.26. The number of hydrogen-bond donors (Lipinski definition) is 2. The Morgan fingerprint density at radius 3 is 2.10 bits per heavy atom. The molecule has 119 valence electrons. The molecule has 0 spiro atoms. The minimum absolute atomic E-state index is 0. The molecule has 0 aromatic heterocycles. The van der Waals surface area contributed by atoms with Crippen LogP contribution in [0.4, 0.5) is 0 Å². The maximum atomic E-state index is 9.30. The number of rotatable bonds is 10. The van der Waals surface area contributed by atoms with Crippen LogP contribution in [0, 0.1) is 30.6 Å². The van der Waals surface area contributed by atoms with Gasteiger partial charge in [-0.1, -0.05) is 53.4 Å². The van der Waals surface area contributed by atoms with Crippen LogP contribution in [0.15, 0.2) is 0 Å². The van der Waals surface area contributed by atoms with Crippen molar-refractivity contribution in [2.75, 3.05) is 6.61 Å². The third-order valence-corrected chi connectivity index (χ3v) is 4.26. The zero-order valence-electron chi connectivity index (χ0n) is 14.2. The Kier molecular flexibility index (Phi) is 14.1. The zero-order valence-corrected chi connectivity index (χ0v) is 17.9. The smallest absolute Gasteiger partial charge is 0.0432 e. The molecule has 0 aliphatic carbocycles. The molecule has 0 aliphatic heterocycles. The van der Waals surface area contributed by atoms with E-state index in [0.717, 1.165) is 25.7 Å². The Morgan fingerprint density at radius 1 is 1.15 bits per heavy atom. The van der Waals surface area contributed by atoms with Crippen LogP contribution in [-0.4, -0.2) is 16.5 Å². The molecule has 3 heteroatoms. The van der Waals surface area contributed by atoms with E-state index in [0.29, 0.717) is 17.8 Å². The summed E-state index contributed by atoms with van der Waals surface area (Å²) in [4.78, 5) is 0.